The Morgan fingerprint density at radius 3 is 2.58 bits per heavy atom. The summed E-state index contributed by atoms with van der Waals surface area (Å²) >= 11 is 0. The molecule has 7 nitrogen and oxygen atoms in total. The molecule has 1 N–H and O–H groups in total. The number of aryl methyl sites for hydroxylation is 2. The Balaban J connectivity index is 1.14. The molecule has 3 aromatic rings. The quantitative estimate of drug-likeness (QED) is 0.528. The van der Waals surface area contributed by atoms with Gasteiger partial charge in [-0.15, -0.1) is 10.2 Å². The molecule has 0 spiro atoms. The average molecular weight is 497 g/mol. The van der Waals surface area contributed by atoms with Gasteiger partial charge in [-0.05, 0) is 68.1 Å². The van der Waals surface area contributed by atoms with Crippen LogP contribution in [0.15, 0.2) is 24.4 Å². The Bertz CT molecular complexity index is 1230. The van der Waals surface area contributed by atoms with Crippen LogP contribution in [0.5, 0.6) is 0 Å². The van der Waals surface area contributed by atoms with Gasteiger partial charge in [0, 0.05) is 63.1 Å². The number of hydrogen-bond acceptors (Lipinski definition) is 6. The summed E-state index contributed by atoms with van der Waals surface area (Å²) in [6.07, 6.45) is 3.64. The summed E-state index contributed by atoms with van der Waals surface area (Å²) in [4.78, 5) is 2.61. The van der Waals surface area contributed by atoms with Crippen molar-refractivity contribution in [2.45, 2.75) is 45.1 Å². The van der Waals surface area contributed by atoms with Crippen LogP contribution in [-0.4, -0.2) is 63.8 Å². The number of rotatable bonds is 6. The number of aromatic nitrogens is 4. The van der Waals surface area contributed by atoms with Gasteiger partial charge in [-0.1, -0.05) is 6.07 Å². The van der Waals surface area contributed by atoms with E-state index in [1.807, 2.05) is 32.3 Å². The lowest BCUT2D eigenvalue weighted by atomic mass is 10.00. The first-order valence-electron chi connectivity index (χ1n) is 13.1. The van der Waals surface area contributed by atoms with Gasteiger partial charge in [0.15, 0.2) is 5.82 Å². The SMILES string of the molecule is Cc1c(-c2cc(C(F)F)c(N[C@@H]3C[C@@H]4CN(CC5CCOCC5)C[C@@H]4C3)nn2)ccc2nn(C)cc12. The van der Waals surface area contributed by atoms with Gasteiger partial charge < -0.3 is 15.0 Å². The van der Waals surface area contributed by atoms with Crippen LogP contribution in [0, 0.1) is 24.7 Å². The van der Waals surface area contributed by atoms with Crippen molar-refractivity contribution < 1.29 is 13.5 Å². The average Bonchev–Trinajstić information content (AvgIpc) is 3.53. The number of likely N-dealkylation sites (tertiary alicyclic amines) is 1. The Morgan fingerprint density at radius 2 is 1.86 bits per heavy atom. The summed E-state index contributed by atoms with van der Waals surface area (Å²) in [7, 11) is 1.87. The molecular formula is C27H34F2N6O. The van der Waals surface area contributed by atoms with Crippen LogP contribution in [0.4, 0.5) is 14.6 Å². The minimum absolute atomic E-state index is 0.0797. The number of benzene rings is 1. The molecular weight excluding hydrogens is 462 g/mol. The number of anilines is 1. The zero-order valence-electron chi connectivity index (χ0n) is 21.0. The molecule has 3 aliphatic rings. The largest absolute Gasteiger partial charge is 0.381 e. The molecule has 2 saturated heterocycles. The molecule has 36 heavy (non-hydrogen) atoms. The second-order valence-electron chi connectivity index (χ2n) is 10.9. The molecule has 1 aliphatic carbocycles. The monoisotopic (exact) mass is 496 g/mol. The van der Waals surface area contributed by atoms with Crippen molar-refractivity contribution >= 4 is 16.7 Å². The van der Waals surface area contributed by atoms with E-state index in [0.29, 0.717) is 17.5 Å². The van der Waals surface area contributed by atoms with Crippen molar-refractivity contribution in [2.75, 3.05) is 38.2 Å². The molecule has 3 atom stereocenters. The first kappa shape index (κ1) is 23.7. The molecule has 2 aliphatic heterocycles. The van der Waals surface area contributed by atoms with Crippen LogP contribution in [-0.2, 0) is 11.8 Å². The number of hydrogen-bond donors (Lipinski definition) is 1. The Kier molecular flexibility index (Phi) is 6.37. The fraction of sp³-hybridized carbons (Fsp3) is 0.593. The summed E-state index contributed by atoms with van der Waals surface area (Å²) in [5.74, 6) is 2.21. The zero-order chi connectivity index (χ0) is 24.8. The Morgan fingerprint density at radius 1 is 1.11 bits per heavy atom. The maximum absolute atomic E-state index is 14.1. The van der Waals surface area contributed by atoms with Crippen molar-refractivity contribution in [2.24, 2.45) is 24.8 Å². The minimum atomic E-state index is -2.62. The first-order chi connectivity index (χ1) is 17.4. The third-order valence-corrected chi connectivity index (χ3v) is 8.43. The summed E-state index contributed by atoms with van der Waals surface area (Å²) in [6.45, 7) is 7.15. The summed E-state index contributed by atoms with van der Waals surface area (Å²) < 4.78 is 35.5. The van der Waals surface area contributed by atoms with Crippen LogP contribution in [0.1, 0.15) is 43.2 Å². The highest BCUT2D eigenvalue weighted by atomic mass is 19.3. The van der Waals surface area contributed by atoms with Gasteiger partial charge >= 0.3 is 0 Å². The number of alkyl halides is 2. The van der Waals surface area contributed by atoms with Crippen molar-refractivity contribution in [1.82, 2.24) is 24.9 Å². The second kappa shape index (κ2) is 9.67. The molecule has 3 fully saturated rings. The van der Waals surface area contributed by atoms with Crippen LogP contribution in [0.2, 0.25) is 0 Å². The number of ether oxygens (including phenoxy) is 1. The molecule has 4 heterocycles. The van der Waals surface area contributed by atoms with Crippen LogP contribution < -0.4 is 5.32 Å². The fourth-order valence-electron chi connectivity index (χ4n) is 6.60. The lowest BCUT2D eigenvalue weighted by molar-refractivity contribution is 0.0545. The molecule has 0 radical (unpaired) electrons. The van der Waals surface area contributed by atoms with Gasteiger partial charge in [-0.3, -0.25) is 4.68 Å². The predicted molar refractivity (Wildman–Crippen MR) is 135 cm³/mol. The predicted octanol–water partition coefficient (Wildman–Crippen LogP) is 4.83. The van der Waals surface area contributed by atoms with E-state index < -0.39 is 6.43 Å². The van der Waals surface area contributed by atoms with Crippen molar-refractivity contribution in [3.05, 3.63) is 35.5 Å². The molecule has 0 unspecified atom stereocenters. The van der Waals surface area contributed by atoms with Gasteiger partial charge in [0.2, 0.25) is 0 Å². The minimum Gasteiger partial charge on any atom is -0.381 e. The lowest BCUT2D eigenvalue weighted by Gasteiger charge is -2.28. The lowest BCUT2D eigenvalue weighted by Crippen LogP contribution is -2.32. The number of nitrogens with zero attached hydrogens (tertiary/aromatic N) is 5. The molecule has 2 aromatic heterocycles. The standard InChI is InChI=1S/C27H34F2N6O/c1-16-21(3-4-24-23(16)15-34(2)33-24)25-11-22(26(28)29)27(32-31-25)30-20-9-18-13-35(14-19(18)10-20)12-17-5-7-36-8-6-17/h3-4,11,15,17-20,26H,5-10,12-14H2,1-2H3,(H,30,32)/t18-,19+,20-. The summed E-state index contributed by atoms with van der Waals surface area (Å²) in [5.41, 5.74) is 3.02. The molecule has 9 heteroatoms. The van der Waals surface area contributed by atoms with E-state index in [4.69, 9.17) is 4.74 Å². The zero-order valence-corrected chi connectivity index (χ0v) is 21.0. The third kappa shape index (κ3) is 4.59. The maximum Gasteiger partial charge on any atom is 0.267 e. The van der Waals surface area contributed by atoms with Gasteiger partial charge in [0.25, 0.3) is 6.43 Å². The molecule has 1 saturated carbocycles. The summed E-state index contributed by atoms with van der Waals surface area (Å²) in [6, 6.07) is 5.45. The van der Waals surface area contributed by atoms with Crippen LogP contribution in [0.25, 0.3) is 22.2 Å². The molecule has 0 bridgehead atoms. The van der Waals surface area contributed by atoms with Gasteiger partial charge in [-0.25, -0.2) is 8.78 Å². The number of halogens is 2. The van der Waals surface area contributed by atoms with Gasteiger partial charge in [0.1, 0.15) is 0 Å². The number of nitrogens with one attached hydrogen (secondary N) is 1. The summed E-state index contributed by atoms with van der Waals surface area (Å²) in [5, 5.41) is 17.4. The van der Waals surface area contributed by atoms with E-state index in [1.54, 1.807) is 4.68 Å². The topological polar surface area (TPSA) is 68.1 Å². The molecule has 6 rings (SSSR count). The highest BCUT2D eigenvalue weighted by molar-refractivity contribution is 5.88. The normalized spacial score (nSPS) is 25.2. The number of fused-ring (bicyclic) bond motifs is 2. The van der Waals surface area contributed by atoms with E-state index in [1.165, 1.54) is 12.6 Å². The third-order valence-electron chi connectivity index (χ3n) is 8.43. The second-order valence-corrected chi connectivity index (χ2v) is 10.9. The van der Waals surface area contributed by atoms with Gasteiger partial charge in [-0.2, -0.15) is 5.10 Å². The van der Waals surface area contributed by atoms with Crippen molar-refractivity contribution in [3.63, 3.8) is 0 Å². The first-order valence-corrected chi connectivity index (χ1v) is 13.1. The fourth-order valence-corrected chi connectivity index (χ4v) is 6.60. The highest BCUT2D eigenvalue weighted by Gasteiger charge is 2.41. The Hall–Kier alpha value is -2.65. The highest BCUT2D eigenvalue weighted by Crippen LogP contribution is 2.41. The molecule has 1 aromatic carbocycles. The molecule has 0 amide bonds. The maximum atomic E-state index is 14.1. The van der Waals surface area contributed by atoms with Crippen molar-refractivity contribution in [1.29, 1.82) is 0 Å². The van der Waals surface area contributed by atoms with E-state index in [9.17, 15) is 8.78 Å². The Labute approximate surface area is 210 Å². The smallest absolute Gasteiger partial charge is 0.267 e. The van der Waals surface area contributed by atoms with Crippen molar-refractivity contribution in [3.8, 4) is 11.3 Å². The van der Waals surface area contributed by atoms with E-state index in [0.717, 1.165) is 79.9 Å². The van der Waals surface area contributed by atoms with E-state index in [-0.39, 0.29) is 17.4 Å². The van der Waals surface area contributed by atoms with E-state index >= 15 is 0 Å². The van der Waals surface area contributed by atoms with Crippen LogP contribution >= 0.6 is 0 Å². The van der Waals surface area contributed by atoms with E-state index in [2.05, 4.69) is 25.5 Å². The molecule has 192 valence electrons. The van der Waals surface area contributed by atoms with Gasteiger partial charge in [0.05, 0.1) is 16.8 Å². The van der Waals surface area contributed by atoms with Crippen LogP contribution in [0.3, 0.4) is 0 Å².